The summed E-state index contributed by atoms with van der Waals surface area (Å²) in [7, 11) is -3.34. The van der Waals surface area contributed by atoms with E-state index >= 15 is 0 Å². The van der Waals surface area contributed by atoms with Gasteiger partial charge in [0.1, 0.15) is 0 Å². The molecule has 1 atom stereocenters. The lowest BCUT2D eigenvalue weighted by Gasteiger charge is -2.31. The average molecular weight is 295 g/mol. The lowest BCUT2D eigenvalue weighted by Crippen LogP contribution is -2.53. The second kappa shape index (κ2) is 5.81. The lowest BCUT2D eigenvalue weighted by molar-refractivity contribution is 0.348. The van der Waals surface area contributed by atoms with Crippen LogP contribution in [0.5, 0.6) is 0 Å². The van der Waals surface area contributed by atoms with Crippen molar-refractivity contribution >= 4 is 10.2 Å². The first-order chi connectivity index (χ1) is 9.65. The zero-order chi connectivity index (χ0) is 14.0. The molecule has 0 aromatic heterocycles. The van der Waals surface area contributed by atoms with Gasteiger partial charge in [-0.25, -0.2) is 0 Å². The highest BCUT2D eigenvalue weighted by Gasteiger charge is 2.28. The summed E-state index contributed by atoms with van der Waals surface area (Å²) in [6, 6.07) is 8.32. The SMILES string of the molecule is O=S(=O)(NC1CCc2ccccc2C1)N1CCNCC1. The van der Waals surface area contributed by atoms with E-state index in [1.165, 1.54) is 11.1 Å². The van der Waals surface area contributed by atoms with Crippen molar-refractivity contribution in [3.05, 3.63) is 35.4 Å². The molecule has 6 heteroatoms. The van der Waals surface area contributed by atoms with Gasteiger partial charge in [-0.1, -0.05) is 24.3 Å². The molecule has 1 fully saturated rings. The molecule has 0 saturated carbocycles. The molecule has 20 heavy (non-hydrogen) atoms. The summed E-state index contributed by atoms with van der Waals surface area (Å²) in [4.78, 5) is 0. The highest BCUT2D eigenvalue weighted by Crippen LogP contribution is 2.21. The maximum Gasteiger partial charge on any atom is 0.279 e. The van der Waals surface area contributed by atoms with E-state index in [0.717, 1.165) is 32.4 Å². The molecule has 2 N–H and O–H groups in total. The number of nitrogens with zero attached hydrogens (tertiary/aromatic N) is 1. The quantitative estimate of drug-likeness (QED) is 0.842. The third kappa shape index (κ3) is 3.03. The largest absolute Gasteiger partial charge is 0.314 e. The van der Waals surface area contributed by atoms with Crippen LogP contribution >= 0.6 is 0 Å². The van der Waals surface area contributed by atoms with Gasteiger partial charge in [0.2, 0.25) is 0 Å². The zero-order valence-corrected chi connectivity index (χ0v) is 12.3. The molecule has 1 aromatic rings. The van der Waals surface area contributed by atoms with Crippen LogP contribution in [0, 0.1) is 0 Å². The summed E-state index contributed by atoms with van der Waals surface area (Å²) >= 11 is 0. The molecule has 1 aromatic carbocycles. The van der Waals surface area contributed by atoms with Crippen LogP contribution in [-0.2, 0) is 23.1 Å². The number of piperazine rings is 1. The van der Waals surface area contributed by atoms with Crippen LogP contribution in [0.3, 0.4) is 0 Å². The van der Waals surface area contributed by atoms with E-state index in [-0.39, 0.29) is 6.04 Å². The van der Waals surface area contributed by atoms with E-state index < -0.39 is 10.2 Å². The summed E-state index contributed by atoms with van der Waals surface area (Å²) in [5, 5.41) is 3.17. The van der Waals surface area contributed by atoms with Crippen molar-refractivity contribution in [2.45, 2.75) is 25.3 Å². The van der Waals surface area contributed by atoms with Gasteiger partial charge < -0.3 is 5.32 Å². The van der Waals surface area contributed by atoms with E-state index in [4.69, 9.17) is 0 Å². The summed E-state index contributed by atoms with van der Waals surface area (Å²) in [5.74, 6) is 0. The van der Waals surface area contributed by atoms with E-state index in [9.17, 15) is 8.42 Å². The number of hydrogen-bond acceptors (Lipinski definition) is 3. The van der Waals surface area contributed by atoms with Crippen molar-refractivity contribution in [3.8, 4) is 0 Å². The molecule has 2 aliphatic rings. The Balaban J connectivity index is 1.66. The highest BCUT2D eigenvalue weighted by molar-refractivity contribution is 7.87. The first-order valence-corrected chi connectivity index (χ1v) is 8.64. The smallest absolute Gasteiger partial charge is 0.279 e. The van der Waals surface area contributed by atoms with Crippen LogP contribution in [0.2, 0.25) is 0 Å². The van der Waals surface area contributed by atoms with Gasteiger partial charge in [0.15, 0.2) is 0 Å². The molecule has 0 amide bonds. The van der Waals surface area contributed by atoms with Gasteiger partial charge in [-0.2, -0.15) is 17.4 Å². The number of fused-ring (bicyclic) bond motifs is 1. The second-order valence-electron chi connectivity index (χ2n) is 5.48. The first kappa shape index (κ1) is 14.0. The molecule has 5 nitrogen and oxygen atoms in total. The predicted molar refractivity (Wildman–Crippen MR) is 78.8 cm³/mol. The Morgan fingerprint density at radius 1 is 1.15 bits per heavy atom. The molecule has 0 bridgehead atoms. The Hall–Kier alpha value is -0.950. The molecule has 0 spiro atoms. The van der Waals surface area contributed by atoms with Crippen molar-refractivity contribution in [2.75, 3.05) is 26.2 Å². The fourth-order valence-corrected chi connectivity index (χ4v) is 4.40. The maximum atomic E-state index is 12.4. The topological polar surface area (TPSA) is 61.4 Å². The zero-order valence-electron chi connectivity index (χ0n) is 11.5. The van der Waals surface area contributed by atoms with Gasteiger partial charge >= 0.3 is 0 Å². The summed E-state index contributed by atoms with van der Waals surface area (Å²) in [6.07, 6.45) is 2.62. The van der Waals surface area contributed by atoms with Crippen LogP contribution in [0.1, 0.15) is 17.5 Å². The Labute approximate surface area is 120 Å². The molecule has 110 valence electrons. The van der Waals surface area contributed by atoms with Crippen molar-refractivity contribution in [1.29, 1.82) is 0 Å². The Kier molecular flexibility index (Phi) is 4.07. The van der Waals surface area contributed by atoms with Gasteiger partial charge in [-0.3, -0.25) is 0 Å². The third-order valence-corrected chi connectivity index (χ3v) is 5.75. The van der Waals surface area contributed by atoms with Crippen LogP contribution in [0.15, 0.2) is 24.3 Å². The van der Waals surface area contributed by atoms with E-state index in [1.807, 2.05) is 12.1 Å². The molecular weight excluding hydrogens is 274 g/mol. The Morgan fingerprint density at radius 3 is 2.60 bits per heavy atom. The first-order valence-electron chi connectivity index (χ1n) is 7.20. The number of nitrogens with one attached hydrogen (secondary N) is 2. The molecule has 1 saturated heterocycles. The van der Waals surface area contributed by atoms with Crippen LogP contribution in [0.4, 0.5) is 0 Å². The van der Waals surface area contributed by atoms with Gasteiger partial charge in [0, 0.05) is 32.2 Å². The van der Waals surface area contributed by atoms with Crippen molar-refractivity contribution in [2.24, 2.45) is 0 Å². The van der Waals surface area contributed by atoms with Crippen molar-refractivity contribution in [3.63, 3.8) is 0 Å². The standard InChI is InChI=1S/C14H21N3O2S/c18-20(19,17-9-7-15-8-10-17)16-14-6-5-12-3-1-2-4-13(12)11-14/h1-4,14-16H,5-11H2. The minimum atomic E-state index is -3.34. The van der Waals surface area contributed by atoms with E-state index in [1.54, 1.807) is 4.31 Å². The minimum absolute atomic E-state index is 0.0183. The van der Waals surface area contributed by atoms with Gasteiger partial charge in [-0.15, -0.1) is 0 Å². The number of benzene rings is 1. The average Bonchev–Trinajstić information content (AvgIpc) is 2.48. The Morgan fingerprint density at radius 2 is 1.85 bits per heavy atom. The number of rotatable bonds is 3. The second-order valence-corrected chi connectivity index (χ2v) is 7.18. The van der Waals surface area contributed by atoms with Crippen molar-refractivity contribution in [1.82, 2.24) is 14.3 Å². The van der Waals surface area contributed by atoms with E-state index in [0.29, 0.717) is 13.1 Å². The normalized spacial score (nSPS) is 24.3. The predicted octanol–water partition coefficient (Wildman–Crippen LogP) is 0.283. The third-order valence-electron chi connectivity index (χ3n) is 4.08. The fraction of sp³-hybridized carbons (Fsp3) is 0.571. The highest BCUT2D eigenvalue weighted by atomic mass is 32.2. The molecule has 0 radical (unpaired) electrons. The van der Waals surface area contributed by atoms with E-state index in [2.05, 4.69) is 22.2 Å². The molecule has 1 unspecified atom stereocenters. The van der Waals surface area contributed by atoms with Gasteiger partial charge in [0.25, 0.3) is 10.2 Å². The molecule has 3 rings (SSSR count). The van der Waals surface area contributed by atoms with Crippen molar-refractivity contribution < 1.29 is 8.42 Å². The van der Waals surface area contributed by atoms with Gasteiger partial charge in [0.05, 0.1) is 0 Å². The molecular formula is C14H21N3O2S. The minimum Gasteiger partial charge on any atom is -0.314 e. The summed E-state index contributed by atoms with van der Waals surface area (Å²) < 4.78 is 29.1. The fourth-order valence-electron chi connectivity index (χ4n) is 2.97. The van der Waals surface area contributed by atoms with Gasteiger partial charge in [-0.05, 0) is 30.4 Å². The summed E-state index contributed by atoms with van der Waals surface area (Å²) in [6.45, 7) is 2.57. The monoisotopic (exact) mass is 295 g/mol. The number of hydrogen-bond donors (Lipinski definition) is 2. The molecule has 1 aliphatic heterocycles. The van der Waals surface area contributed by atoms with Crippen LogP contribution < -0.4 is 10.0 Å². The molecule has 1 heterocycles. The Bertz CT molecular complexity index is 568. The molecule has 1 aliphatic carbocycles. The maximum absolute atomic E-state index is 12.4. The number of aryl methyl sites for hydroxylation is 1. The summed E-state index contributed by atoms with van der Waals surface area (Å²) in [5.41, 5.74) is 2.62. The lowest BCUT2D eigenvalue weighted by atomic mass is 9.89. The van der Waals surface area contributed by atoms with Crippen LogP contribution in [-0.4, -0.2) is 44.9 Å². The van der Waals surface area contributed by atoms with Crippen LogP contribution in [0.25, 0.3) is 0 Å².